The molecule has 0 saturated carbocycles. The monoisotopic (exact) mass is 270 g/mol. The molecule has 1 saturated heterocycles. The van der Waals surface area contributed by atoms with Crippen molar-refractivity contribution in [3.63, 3.8) is 0 Å². The van der Waals surface area contributed by atoms with Gasteiger partial charge in [0.15, 0.2) is 5.82 Å². The van der Waals surface area contributed by atoms with Gasteiger partial charge in [0.25, 0.3) is 0 Å². The van der Waals surface area contributed by atoms with Crippen molar-refractivity contribution in [1.29, 1.82) is 0 Å². The number of rotatable bonds is 3. The van der Waals surface area contributed by atoms with E-state index >= 15 is 0 Å². The average molecular weight is 270 g/mol. The molecule has 0 bridgehead atoms. The predicted molar refractivity (Wildman–Crippen MR) is 79.1 cm³/mol. The molecule has 1 aromatic heterocycles. The smallest absolute Gasteiger partial charge is 0.161 e. The molecule has 2 heterocycles. The summed E-state index contributed by atoms with van der Waals surface area (Å²) in [5.41, 5.74) is 0.973. The van der Waals surface area contributed by atoms with Gasteiger partial charge in [-0.2, -0.15) is 0 Å². The van der Waals surface area contributed by atoms with Crippen LogP contribution in [0.3, 0.4) is 0 Å². The maximum absolute atomic E-state index is 5.25. The molecule has 1 fully saturated rings. The second kappa shape index (κ2) is 5.88. The highest BCUT2D eigenvalue weighted by molar-refractivity contribution is 5.59. The van der Waals surface area contributed by atoms with Crippen molar-refractivity contribution in [2.45, 2.75) is 0 Å². The second-order valence-corrected chi connectivity index (χ2v) is 4.71. The molecular weight excluding hydrogens is 252 g/mol. The third-order valence-corrected chi connectivity index (χ3v) is 3.41. The molecule has 0 radical (unpaired) electrons. The first-order valence-electron chi connectivity index (χ1n) is 6.80. The van der Waals surface area contributed by atoms with Crippen LogP contribution >= 0.6 is 0 Å². The van der Waals surface area contributed by atoms with E-state index in [0.29, 0.717) is 0 Å². The van der Waals surface area contributed by atoms with Gasteiger partial charge in [-0.15, -0.1) is 0 Å². The summed E-state index contributed by atoms with van der Waals surface area (Å²) in [5, 5.41) is 3.34. The lowest BCUT2D eigenvalue weighted by molar-refractivity contribution is 0.415. The normalized spacial score (nSPS) is 15.2. The van der Waals surface area contributed by atoms with E-state index in [1.807, 2.05) is 36.5 Å². The molecule has 0 aliphatic carbocycles. The van der Waals surface area contributed by atoms with Crippen LogP contribution in [0.4, 0.5) is 5.82 Å². The van der Waals surface area contributed by atoms with Crippen LogP contribution in [0.2, 0.25) is 0 Å². The van der Waals surface area contributed by atoms with E-state index in [9.17, 15) is 0 Å². The van der Waals surface area contributed by atoms with Crippen LogP contribution in [-0.2, 0) is 0 Å². The van der Waals surface area contributed by atoms with Crippen molar-refractivity contribution in [1.82, 2.24) is 15.3 Å². The Morgan fingerprint density at radius 2 is 2.05 bits per heavy atom. The molecule has 0 spiro atoms. The van der Waals surface area contributed by atoms with Crippen LogP contribution in [0.5, 0.6) is 5.75 Å². The SMILES string of the molecule is COc1cccc(-c2nccc(N3CCNCC3)n2)c1. The van der Waals surface area contributed by atoms with Gasteiger partial charge >= 0.3 is 0 Å². The van der Waals surface area contributed by atoms with Gasteiger partial charge in [0.05, 0.1) is 7.11 Å². The van der Waals surface area contributed by atoms with E-state index in [0.717, 1.165) is 49.1 Å². The Morgan fingerprint density at radius 1 is 1.20 bits per heavy atom. The first-order valence-corrected chi connectivity index (χ1v) is 6.80. The van der Waals surface area contributed by atoms with Gasteiger partial charge in [-0.1, -0.05) is 12.1 Å². The highest BCUT2D eigenvalue weighted by Gasteiger charge is 2.13. The second-order valence-electron chi connectivity index (χ2n) is 4.71. The van der Waals surface area contributed by atoms with Gasteiger partial charge in [-0.3, -0.25) is 0 Å². The van der Waals surface area contributed by atoms with Gasteiger partial charge in [-0.05, 0) is 18.2 Å². The molecule has 5 heteroatoms. The molecule has 1 N–H and O–H groups in total. The van der Waals surface area contributed by atoms with Crippen molar-refractivity contribution in [3.05, 3.63) is 36.5 Å². The van der Waals surface area contributed by atoms with E-state index in [2.05, 4.69) is 20.2 Å². The summed E-state index contributed by atoms with van der Waals surface area (Å²) in [6.07, 6.45) is 1.82. The zero-order chi connectivity index (χ0) is 13.8. The Morgan fingerprint density at radius 3 is 2.85 bits per heavy atom. The molecule has 3 rings (SSSR count). The lowest BCUT2D eigenvalue weighted by Gasteiger charge is -2.28. The van der Waals surface area contributed by atoms with Crippen molar-refractivity contribution >= 4 is 5.82 Å². The first kappa shape index (κ1) is 12.9. The summed E-state index contributed by atoms with van der Waals surface area (Å²) in [7, 11) is 1.66. The average Bonchev–Trinajstić information content (AvgIpc) is 2.56. The fourth-order valence-electron chi connectivity index (χ4n) is 2.32. The van der Waals surface area contributed by atoms with Gasteiger partial charge in [0.1, 0.15) is 11.6 Å². The van der Waals surface area contributed by atoms with Crippen molar-refractivity contribution in [2.75, 3.05) is 38.2 Å². The van der Waals surface area contributed by atoms with Crippen LogP contribution in [-0.4, -0.2) is 43.3 Å². The fourth-order valence-corrected chi connectivity index (χ4v) is 2.32. The van der Waals surface area contributed by atoms with Gasteiger partial charge in [0.2, 0.25) is 0 Å². The molecule has 1 aliphatic heterocycles. The highest BCUT2D eigenvalue weighted by atomic mass is 16.5. The van der Waals surface area contributed by atoms with Crippen LogP contribution in [0.25, 0.3) is 11.4 Å². The molecule has 104 valence electrons. The lowest BCUT2D eigenvalue weighted by atomic mass is 10.2. The molecule has 20 heavy (non-hydrogen) atoms. The summed E-state index contributed by atoms with van der Waals surface area (Å²) in [6.45, 7) is 3.96. The Kier molecular flexibility index (Phi) is 3.78. The molecule has 2 aromatic rings. The molecule has 0 unspecified atom stereocenters. The number of piperazine rings is 1. The fraction of sp³-hybridized carbons (Fsp3) is 0.333. The molecule has 5 nitrogen and oxygen atoms in total. The number of hydrogen-bond donors (Lipinski definition) is 1. The number of nitrogens with one attached hydrogen (secondary N) is 1. The van der Waals surface area contributed by atoms with E-state index in [4.69, 9.17) is 4.74 Å². The van der Waals surface area contributed by atoms with Crippen LogP contribution < -0.4 is 15.0 Å². The van der Waals surface area contributed by atoms with E-state index in [1.54, 1.807) is 7.11 Å². The molecular formula is C15H18N4O. The van der Waals surface area contributed by atoms with Crippen LogP contribution in [0.1, 0.15) is 0 Å². The Bertz CT molecular complexity index is 582. The number of hydrogen-bond acceptors (Lipinski definition) is 5. The number of ether oxygens (including phenoxy) is 1. The molecule has 1 aromatic carbocycles. The molecule has 1 aliphatic rings. The highest BCUT2D eigenvalue weighted by Crippen LogP contribution is 2.22. The van der Waals surface area contributed by atoms with Crippen molar-refractivity contribution in [3.8, 4) is 17.1 Å². The van der Waals surface area contributed by atoms with E-state index in [-0.39, 0.29) is 0 Å². The zero-order valence-corrected chi connectivity index (χ0v) is 11.5. The quantitative estimate of drug-likeness (QED) is 0.917. The standard InChI is InChI=1S/C15H18N4O/c1-20-13-4-2-3-12(11-13)15-17-6-5-14(18-15)19-9-7-16-8-10-19/h2-6,11,16H,7-10H2,1H3. The Hall–Kier alpha value is -2.14. The first-order chi connectivity index (χ1) is 9.86. The van der Waals surface area contributed by atoms with E-state index < -0.39 is 0 Å². The number of aromatic nitrogens is 2. The minimum Gasteiger partial charge on any atom is -0.497 e. The van der Waals surface area contributed by atoms with Crippen LogP contribution in [0.15, 0.2) is 36.5 Å². The molecule has 0 amide bonds. The predicted octanol–water partition coefficient (Wildman–Crippen LogP) is 1.56. The van der Waals surface area contributed by atoms with Crippen molar-refractivity contribution in [2.24, 2.45) is 0 Å². The number of nitrogens with zero attached hydrogens (tertiary/aromatic N) is 3. The van der Waals surface area contributed by atoms with Crippen LogP contribution in [0, 0.1) is 0 Å². The zero-order valence-electron chi connectivity index (χ0n) is 11.5. The summed E-state index contributed by atoms with van der Waals surface area (Å²) >= 11 is 0. The van der Waals surface area contributed by atoms with Gasteiger partial charge in [-0.25, -0.2) is 9.97 Å². The van der Waals surface area contributed by atoms with Gasteiger partial charge < -0.3 is 15.0 Å². The van der Waals surface area contributed by atoms with Crippen molar-refractivity contribution < 1.29 is 4.74 Å². The number of anilines is 1. The largest absolute Gasteiger partial charge is 0.497 e. The summed E-state index contributed by atoms with van der Waals surface area (Å²) in [6, 6.07) is 9.80. The summed E-state index contributed by atoms with van der Waals surface area (Å²) < 4.78 is 5.25. The minimum atomic E-state index is 0.736. The Labute approximate surface area is 118 Å². The third-order valence-electron chi connectivity index (χ3n) is 3.41. The molecule has 0 atom stereocenters. The third kappa shape index (κ3) is 2.72. The topological polar surface area (TPSA) is 50.3 Å². The number of benzene rings is 1. The van der Waals surface area contributed by atoms with E-state index in [1.165, 1.54) is 0 Å². The van der Waals surface area contributed by atoms with Gasteiger partial charge in [0, 0.05) is 37.9 Å². The Balaban J connectivity index is 1.89. The number of methoxy groups -OCH3 is 1. The lowest BCUT2D eigenvalue weighted by Crippen LogP contribution is -2.43. The summed E-state index contributed by atoms with van der Waals surface area (Å²) in [5.74, 6) is 2.54. The maximum atomic E-state index is 5.25. The minimum absolute atomic E-state index is 0.736. The maximum Gasteiger partial charge on any atom is 0.161 e. The summed E-state index contributed by atoms with van der Waals surface area (Å²) in [4.78, 5) is 11.3.